The molecule has 0 unspecified atom stereocenters. The fourth-order valence-electron chi connectivity index (χ4n) is 1.93. The molecule has 6 nitrogen and oxygen atoms in total. The number of nitrogens with two attached hydrogens (primary N) is 1. The van der Waals surface area contributed by atoms with Gasteiger partial charge in [-0.25, -0.2) is 0 Å². The minimum absolute atomic E-state index is 0.0700. The van der Waals surface area contributed by atoms with Crippen LogP contribution in [0.25, 0.3) is 0 Å². The number of rotatable bonds is 6. The number of amides is 3. The van der Waals surface area contributed by atoms with Crippen LogP contribution in [0.15, 0.2) is 24.3 Å². The van der Waals surface area contributed by atoms with Gasteiger partial charge in [-0.05, 0) is 18.1 Å². The fraction of sp³-hybridized carbons (Fsp3) is 0.400. The molecule has 1 aromatic carbocycles. The number of anilines is 1. The molecule has 0 heterocycles. The monoisotopic (exact) mass is 291 g/mol. The van der Waals surface area contributed by atoms with Crippen LogP contribution >= 0.6 is 0 Å². The van der Waals surface area contributed by atoms with Gasteiger partial charge in [0, 0.05) is 6.92 Å². The molecular formula is C15H21N3O3. The predicted octanol–water partition coefficient (Wildman–Crippen LogP) is 1.27. The molecule has 2 atom stereocenters. The van der Waals surface area contributed by atoms with Crippen LogP contribution in [0, 0.1) is 5.92 Å². The zero-order valence-electron chi connectivity index (χ0n) is 12.5. The van der Waals surface area contributed by atoms with E-state index in [1.807, 2.05) is 13.8 Å². The molecular weight excluding hydrogens is 270 g/mol. The molecule has 3 amide bonds. The largest absolute Gasteiger partial charge is 0.368 e. The summed E-state index contributed by atoms with van der Waals surface area (Å²) in [5.41, 5.74) is 6.03. The number of carbonyl (C=O) groups is 3. The zero-order valence-corrected chi connectivity index (χ0v) is 12.5. The lowest BCUT2D eigenvalue weighted by Gasteiger charge is -2.21. The number of carbonyl (C=O) groups excluding carboxylic acids is 3. The molecule has 1 aromatic rings. The normalized spacial score (nSPS) is 13.1. The smallest absolute Gasteiger partial charge is 0.254 e. The van der Waals surface area contributed by atoms with Gasteiger partial charge < -0.3 is 16.4 Å². The van der Waals surface area contributed by atoms with E-state index in [0.29, 0.717) is 17.7 Å². The van der Waals surface area contributed by atoms with Crippen LogP contribution in [0.3, 0.4) is 0 Å². The van der Waals surface area contributed by atoms with Gasteiger partial charge in [-0.1, -0.05) is 32.4 Å². The second-order valence-electron chi connectivity index (χ2n) is 4.97. The van der Waals surface area contributed by atoms with Crippen molar-refractivity contribution in [1.29, 1.82) is 0 Å². The minimum Gasteiger partial charge on any atom is -0.368 e. The van der Waals surface area contributed by atoms with Crippen LogP contribution in [0.5, 0.6) is 0 Å². The van der Waals surface area contributed by atoms with Crippen molar-refractivity contribution in [1.82, 2.24) is 5.32 Å². The highest BCUT2D eigenvalue weighted by Crippen LogP contribution is 2.16. The highest BCUT2D eigenvalue weighted by molar-refractivity contribution is 6.04. The average Bonchev–Trinajstić information content (AvgIpc) is 2.43. The van der Waals surface area contributed by atoms with Gasteiger partial charge in [0.15, 0.2) is 0 Å². The first kappa shape index (κ1) is 16.7. The number of hydrogen-bond donors (Lipinski definition) is 3. The molecule has 0 aromatic heterocycles. The Balaban J connectivity index is 2.97. The van der Waals surface area contributed by atoms with Crippen LogP contribution in [0.2, 0.25) is 0 Å². The van der Waals surface area contributed by atoms with Gasteiger partial charge in [0.2, 0.25) is 11.8 Å². The van der Waals surface area contributed by atoms with Gasteiger partial charge in [0.25, 0.3) is 5.91 Å². The molecule has 1 rings (SSSR count). The highest BCUT2D eigenvalue weighted by atomic mass is 16.2. The summed E-state index contributed by atoms with van der Waals surface area (Å²) in [4.78, 5) is 34.9. The van der Waals surface area contributed by atoms with Gasteiger partial charge >= 0.3 is 0 Å². The van der Waals surface area contributed by atoms with Gasteiger partial charge in [-0.2, -0.15) is 0 Å². The van der Waals surface area contributed by atoms with E-state index in [1.54, 1.807) is 24.3 Å². The average molecular weight is 291 g/mol. The Morgan fingerprint density at radius 2 is 1.86 bits per heavy atom. The SMILES string of the molecule is CC[C@H](C)[C@@H](NC(=O)c1ccccc1NC(C)=O)C(N)=O. The summed E-state index contributed by atoms with van der Waals surface area (Å²) < 4.78 is 0. The summed E-state index contributed by atoms with van der Waals surface area (Å²) in [6.45, 7) is 5.12. The maximum absolute atomic E-state index is 12.3. The molecule has 0 aliphatic carbocycles. The summed E-state index contributed by atoms with van der Waals surface area (Å²) in [5.74, 6) is -1.36. The van der Waals surface area contributed by atoms with E-state index in [2.05, 4.69) is 10.6 Å². The van der Waals surface area contributed by atoms with Crippen LogP contribution in [0.1, 0.15) is 37.6 Å². The predicted molar refractivity (Wildman–Crippen MR) is 80.6 cm³/mol. The third kappa shape index (κ3) is 4.59. The fourth-order valence-corrected chi connectivity index (χ4v) is 1.93. The van der Waals surface area contributed by atoms with E-state index < -0.39 is 17.9 Å². The Hall–Kier alpha value is -2.37. The molecule has 0 radical (unpaired) electrons. The number of hydrogen-bond acceptors (Lipinski definition) is 3. The lowest BCUT2D eigenvalue weighted by molar-refractivity contribution is -0.121. The Morgan fingerprint density at radius 3 is 2.38 bits per heavy atom. The molecule has 0 spiro atoms. The van der Waals surface area contributed by atoms with Gasteiger partial charge in [-0.3, -0.25) is 14.4 Å². The van der Waals surface area contributed by atoms with Gasteiger partial charge in [-0.15, -0.1) is 0 Å². The third-order valence-corrected chi connectivity index (χ3v) is 3.29. The van der Waals surface area contributed by atoms with Crippen molar-refractivity contribution in [3.63, 3.8) is 0 Å². The molecule has 0 aliphatic heterocycles. The molecule has 4 N–H and O–H groups in total. The second-order valence-corrected chi connectivity index (χ2v) is 4.97. The number of para-hydroxylation sites is 1. The molecule has 6 heteroatoms. The van der Waals surface area contributed by atoms with Gasteiger partial charge in [0.05, 0.1) is 11.3 Å². The summed E-state index contributed by atoms with van der Waals surface area (Å²) in [7, 11) is 0. The summed E-state index contributed by atoms with van der Waals surface area (Å²) in [6.07, 6.45) is 0.710. The van der Waals surface area contributed by atoms with Crippen LogP contribution in [-0.2, 0) is 9.59 Å². The van der Waals surface area contributed by atoms with Crippen molar-refractivity contribution in [3.8, 4) is 0 Å². The van der Waals surface area contributed by atoms with E-state index in [0.717, 1.165) is 0 Å². The van der Waals surface area contributed by atoms with Crippen molar-refractivity contribution in [2.45, 2.75) is 33.2 Å². The quantitative estimate of drug-likeness (QED) is 0.735. The number of nitrogens with one attached hydrogen (secondary N) is 2. The Morgan fingerprint density at radius 1 is 1.24 bits per heavy atom. The maximum Gasteiger partial charge on any atom is 0.254 e. The molecule has 21 heavy (non-hydrogen) atoms. The van der Waals surface area contributed by atoms with Crippen molar-refractivity contribution in [2.24, 2.45) is 11.7 Å². The van der Waals surface area contributed by atoms with Crippen molar-refractivity contribution < 1.29 is 14.4 Å². The topological polar surface area (TPSA) is 101 Å². The molecule has 114 valence electrons. The molecule has 0 saturated heterocycles. The van der Waals surface area contributed by atoms with Crippen LogP contribution in [-0.4, -0.2) is 23.8 Å². The first-order valence-electron chi connectivity index (χ1n) is 6.83. The Bertz CT molecular complexity index is 543. The van der Waals surface area contributed by atoms with E-state index in [-0.39, 0.29) is 11.8 Å². The molecule has 0 fully saturated rings. The van der Waals surface area contributed by atoms with E-state index in [4.69, 9.17) is 5.73 Å². The van der Waals surface area contributed by atoms with E-state index in [1.165, 1.54) is 6.92 Å². The summed E-state index contributed by atoms with van der Waals surface area (Å²) in [5, 5.41) is 5.22. The standard InChI is InChI=1S/C15H21N3O3/c1-4-9(2)13(14(16)20)18-15(21)11-7-5-6-8-12(11)17-10(3)19/h5-9,13H,4H2,1-3H3,(H2,16,20)(H,17,19)(H,18,21)/t9-,13+/m0/s1. The lowest BCUT2D eigenvalue weighted by Crippen LogP contribution is -2.48. The first-order chi connectivity index (χ1) is 9.86. The first-order valence-corrected chi connectivity index (χ1v) is 6.83. The van der Waals surface area contributed by atoms with Crippen molar-refractivity contribution in [2.75, 3.05) is 5.32 Å². The zero-order chi connectivity index (χ0) is 16.0. The maximum atomic E-state index is 12.3. The third-order valence-electron chi connectivity index (χ3n) is 3.29. The minimum atomic E-state index is -0.743. The number of benzene rings is 1. The molecule has 0 bridgehead atoms. The Labute approximate surface area is 124 Å². The second kappa shape index (κ2) is 7.42. The van der Waals surface area contributed by atoms with E-state index in [9.17, 15) is 14.4 Å². The van der Waals surface area contributed by atoms with Crippen molar-refractivity contribution in [3.05, 3.63) is 29.8 Å². The lowest BCUT2D eigenvalue weighted by atomic mass is 9.98. The summed E-state index contributed by atoms with van der Waals surface area (Å²) in [6, 6.07) is 5.85. The van der Waals surface area contributed by atoms with Gasteiger partial charge in [0.1, 0.15) is 6.04 Å². The number of primary amides is 1. The van der Waals surface area contributed by atoms with Crippen molar-refractivity contribution >= 4 is 23.4 Å². The molecule has 0 saturated carbocycles. The summed E-state index contributed by atoms with van der Waals surface area (Å²) >= 11 is 0. The van der Waals surface area contributed by atoms with Crippen LogP contribution < -0.4 is 16.4 Å². The highest BCUT2D eigenvalue weighted by Gasteiger charge is 2.25. The van der Waals surface area contributed by atoms with E-state index >= 15 is 0 Å². The molecule has 0 aliphatic rings. The van der Waals surface area contributed by atoms with Crippen LogP contribution in [0.4, 0.5) is 5.69 Å². The Kier molecular flexibility index (Phi) is 5.90.